The average Bonchev–Trinajstić information content (AvgIpc) is 3.45. The normalized spacial score (nSPS) is 12.1. The highest BCUT2D eigenvalue weighted by Crippen LogP contribution is 2.32. The van der Waals surface area contributed by atoms with Crippen molar-refractivity contribution in [1.82, 2.24) is 19.7 Å². The van der Waals surface area contributed by atoms with Crippen molar-refractivity contribution in [3.8, 4) is 10.6 Å². The monoisotopic (exact) mass is 462 g/mol. The highest BCUT2D eigenvalue weighted by molar-refractivity contribution is 7.15. The molecule has 0 N–H and O–H groups in total. The molecule has 6 nitrogen and oxygen atoms in total. The molecule has 0 aliphatic heterocycles. The first kappa shape index (κ1) is 22.1. The number of pyridine rings is 1. The number of amides is 1. The molecular formula is C22H21F3N4O2S. The fourth-order valence-electron chi connectivity index (χ4n) is 3.45. The zero-order valence-electron chi connectivity index (χ0n) is 17.7. The number of carbonyl (C=O) groups excluding carboxylic acids is 1. The number of carbonyl (C=O) groups is 1. The van der Waals surface area contributed by atoms with Crippen LogP contribution in [0.1, 0.15) is 40.9 Å². The van der Waals surface area contributed by atoms with E-state index in [1.54, 1.807) is 16.8 Å². The maximum atomic E-state index is 13.5. The van der Waals surface area contributed by atoms with Crippen molar-refractivity contribution in [3.63, 3.8) is 0 Å². The summed E-state index contributed by atoms with van der Waals surface area (Å²) in [7, 11) is 0. The minimum atomic E-state index is -4.57. The molecule has 4 rings (SSSR count). The van der Waals surface area contributed by atoms with Gasteiger partial charge in [-0.05, 0) is 51.1 Å². The van der Waals surface area contributed by atoms with Gasteiger partial charge in [0, 0.05) is 10.9 Å². The molecule has 0 aliphatic rings. The third-order valence-corrected chi connectivity index (χ3v) is 5.89. The fourth-order valence-corrected chi connectivity index (χ4v) is 4.28. The molecule has 0 saturated carbocycles. The number of nitrogens with zero attached hydrogens (tertiary/aromatic N) is 4. The zero-order chi connectivity index (χ0) is 23.0. The van der Waals surface area contributed by atoms with Crippen LogP contribution in [0.25, 0.3) is 21.6 Å². The molecule has 4 aromatic heterocycles. The second-order valence-electron chi connectivity index (χ2n) is 7.74. The predicted molar refractivity (Wildman–Crippen MR) is 115 cm³/mol. The molecule has 4 heterocycles. The van der Waals surface area contributed by atoms with Gasteiger partial charge >= 0.3 is 6.18 Å². The van der Waals surface area contributed by atoms with Gasteiger partial charge in [0.1, 0.15) is 12.3 Å². The number of rotatable bonds is 6. The van der Waals surface area contributed by atoms with Crippen molar-refractivity contribution in [1.29, 1.82) is 0 Å². The van der Waals surface area contributed by atoms with Crippen LogP contribution < -0.4 is 0 Å². The Morgan fingerprint density at radius 2 is 2.06 bits per heavy atom. The predicted octanol–water partition coefficient (Wildman–Crippen LogP) is 5.85. The third-order valence-electron chi connectivity index (χ3n) is 4.86. The van der Waals surface area contributed by atoms with Gasteiger partial charge in [0.25, 0.3) is 5.91 Å². The average molecular weight is 462 g/mol. The summed E-state index contributed by atoms with van der Waals surface area (Å²) in [5, 5.41) is 4.74. The van der Waals surface area contributed by atoms with Crippen LogP contribution in [0, 0.1) is 6.92 Å². The standard InChI is InChI=1S/C22H21F3N4O2S/c1-13(2)29-20-17(10-26-29)16(9-18(27-20)19-7-6-14(3)32-19)21(30)28(12-22(23,24)25)11-15-5-4-8-31-15/h4-10,13H,11-12H2,1-3H3. The molecule has 0 unspecified atom stereocenters. The van der Waals surface area contributed by atoms with E-state index in [0.717, 1.165) is 14.7 Å². The minimum absolute atomic E-state index is 0.0438. The minimum Gasteiger partial charge on any atom is -0.467 e. The Labute approximate surface area is 186 Å². The Bertz CT molecular complexity index is 1240. The van der Waals surface area contributed by atoms with Gasteiger partial charge in [-0.25, -0.2) is 9.67 Å². The van der Waals surface area contributed by atoms with E-state index < -0.39 is 18.6 Å². The van der Waals surface area contributed by atoms with Gasteiger partial charge in [0.2, 0.25) is 0 Å². The Morgan fingerprint density at radius 3 is 2.66 bits per heavy atom. The fraction of sp³-hybridized carbons (Fsp3) is 0.318. The zero-order valence-corrected chi connectivity index (χ0v) is 18.5. The maximum Gasteiger partial charge on any atom is 0.406 e. The molecule has 4 aromatic rings. The van der Waals surface area contributed by atoms with Crippen LogP contribution in [0.4, 0.5) is 13.2 Å². The first-order valence-corrected chi connectivity index (χ1v) is 10.8. The summed E-state index contributed by atoms with van der Waals surface area (Å²) >= 11 is 1.50. The number of alkyl halides is 3. The number of thiophene rings is 1. The van der Waals surface area contributed by atoms with E-state index in [-0.39, 0.29) is 23.9 Å². The van der Waals surface area contributed by atoms with Crippen LogP contribution in [-0.4, -0.2) is 38.3 Å². The van der Waals surface area contributed by atoms with Gasteiger partial charge < -0.3 is 9.32 Å². The van der Waals surface area contributed by atoms with Crippen LogP contribution in [0.5, 0.6) is 0 Å². The van der Waals surface area contributed by atoms with Gasteiger partial charge in [-0.1, -0.05) is 0 Å². The number of aromatic nitrogens is 3. The molecular weight excluding hydrogens is 441 g/mol. The second kappa shape index (κ2) is 8.42. The maximum absolute atomic E-state index is 13.5. The molecule has 0 fully saturated rings. The largest absolute Gasteiger partial charge is 0.467 e. The van der Waals surface area contributed by atoms with Crippen molar-refractivity contribution >= 4 is 28.3 Å². The number of halogens is 3. The number of hydrogen-bond acceptors (Lipinski definition) is 5. The molecule has 10 heteroatoms. The summed E-state index contributed by atoms with van der Waals surface area (Å²) in [5.41, 5.74) is 1.10. The lowest BCUT2D eigenvalue weighted by Crippen LogP contribution is -2.38. The van der Waals surface area contributed by atoms with Crippen molar-refractivity contribution in [2.45, 2.75) is 39.5 Å². The lowest BCUT2D eigenvalue weighted by molar-refractivity contribution is -0.142. The lowest BCUT2D eigenvalue weighted by atomic mass is 10.1. The van der Waals surface area contributed by atoms with Crippen LogP contribution in [0.2, 0.25) is 0 Å². The molecule has 1 amide bonds. The first-order chi connectivity index (χ1) is 15.1. The number of hydrogen-bond donors (Lipinski definition) is 0. The third kappa shape index (κ3) is 4.55. The number of furan rings is 1. The summed E-state index contributed by atoms with van der Waals surface area (Å²) in [6.07, 6.45) is -1.72. The molecule has 0 bridgehead atoms. The van der Waals surface area contributed by atoms with Gasteiger partial charge in [0.05, 0.1) is 40.5 Å². The van der Waals surface area contributed by atoms with Gasteiger partial charge in [0.15, 0.2) is 5.65 Å². The highest BCUT2D eigenvalue weighted by Gasteiger charge is 2.35. The van der Waals surface area contributed by atoms with E-state index in [0.29, 0.717) is 16.7 Å². The van der Waals surface area contributed by atoms with Crippen molar-refractivity contribution in [3.05, 3.63) is 59.0 Å². The van der Waals surface area contributed by atoms with E-state index >= 15 is 0 Å². The van der Waals surface area contributed by atoms with E-state index in [4.69, 9.17) is 9.40 Å². The smallest absolute Gasteiger partial charge is 0.406 e. The van der Waals surface area contributed by atoms with Crippen molar-refractivity contribution in [2.24, 2.45) is 0 Å². The van der Waals surface area contributed by atoms with Crippen LogP contribution in [0.15, 0.2) is 47.2 Å². The topological polar surface area (TPSA) is 64.2 Å². The van der Waals surface area contributed by atoms with E-state index in [9.17, 15) is 18.0 Å². The van der Waals surface area contributed by atoms with E-state index in [1.165, 1.54) is 29.9 Å². The van der Waals surface area contributed by atoms with Crippen LogP contribution >= 0.6 is 11.3 Å². The molecule has 0 radical (unpaired) electrons. The summed E-state index contributed by atoms with van der Waals surface area (Å²) in [4.78, 5) is 20.8. The Kier molecular flexibility index (Phi) is 5.81. The Balaban J connectivity index is 1.85. The summed E-state index contributed by atoms with van der Waals surface area (Å²) in [6.45, 7) is 4.09. The molecule has 0 aliphatic carbocycles. The van der Waals surface area contributed by atoms with Crippen molar-refractivity contribution < 1.29 is 22.4 Å². The van der Waals surface area contributed by atoms with E-state index in [2.05, 4.69) is 5.10 Å². The molecule has 0 atom stereocenters. The molecule has 0 spiro atoms. The second-order valence-corrected chi connectivity index (χ2v) is 9.03. The molecule has 168 valence electrons. The molecule has 0 saturated heterocycles. The Hall–Kier alpha value is -3.14. The quantitative estimate of drug-likeness (QED) is 0.361. The molecule has 32 heavy (non-hydrogen) atoms. The van der Waals surface area contributed by atoms with Gasteiger partial charge in [-0.3, -0.25) is 4.79 Å². The van der Waals surface area contributed by atoms with Crippen molar-refractivity contribution in [2.75, 3.05) is 6.54 Å². The summed E-state index contributed by atoms with van der Waals surface area (Å²) in [6, 6.07) is 8.43. The van der Waals surface area contributed by atoms with Gasteiger partial charge in [-0.2, -0.15) is 18.3 Å². The highest BCUT2D eigenvalue weighted by atomic mass is 32.1. The molecule has 0 aromatic carbocycles. The summed E-state index contributed by atoms with van der Waals surface area (Å²) < 4.78 is 46.8. The summed E-state index contributed by atoms with van der Waals surface area (Å²) in [5.74, 6) is -0.496. The van der Waals surface area contributed by atoms with Crippen LogP contribution in [-0.2, 0) is 6.54 Å². The van der Waals surface area contributed by atoms with Gasteiger partial charge in [-0.15, -0.1) is 11.3 Å². The number of aryl methyl sites for hydroxylation is 1. The Morgan fingerprint density at radius 1 is 1.28 bits per heavy atom. The SMILES string of the molecule is Cc1ccc(-c2cc(C(=O)N(Cc3ccco3)CC(F)(F)F)c3cnn(C(C)C)c3n2)s1. The first-order valence-electron chi connectivity index (χ1n) is 9.96. The lowest BCUT2D eigenvalue weighted by Gasteiger charge is -2.23. The van der Waals surface area contributed by atoms with Crippen LogP contribution in [0.3, 0.4) is 0 Å². The van der Waals surface area contributed by atoms with E-state index in [1.807, 2.05) is 32.9 Å². The number of fused-ring (bicyclic) bond motifs is 1.